The Morgan fingerprint density at radius 3 is 2.80 bits per heavy atom. The maximum Gasteiger partial charge on any atom is 0.273 e. The molecule has 0 bridgehead atoms. The second kappa shape index (κ2) is 3.69. The van der Waals surface area contributed by atoms with Crippen molar-refractivity contribution in [2.75, 3.05) is 0 Å². The lowest BCUT2D eigenvalue weighted by Crippen LogP contribution is -2.17. The summed E-state index contributed by atoms with van der Waals surface area (Å²) in [6, 6.07) is 6.04. The molecule has 76 valence electrons. The quantitative estimate of drug-likeness (QED) is 0.704. The predicted molar refractivity (Wildman–Crippen MR) is 59.3 cm³/mol. The average Bonchev–Trinajstić information content (AvgIpc) is 2.23. The Morgan fingerprint density at radius 1 is 1.27 bits per heavy atom. The molecule has 0 atom stereocenters. The topological polar surface area (TPSA) is 34.9 Å². The smallest absolute Gasteiger partial charge is 0.273 e. The van der Waals surface area contributed by atoms with E-state index in [0.29, 0.717) is 0 Å². The van der Waals surface area contributed by atoms with Gasteiger partial charge in [0.05, 0.1) is 11.9 Å². The fraction of sp³-hybridized carbons (Fsp3) is 0.167. The molecular formula is C12H12N2O. The molecule has 0 aliphatic heterocycles. The van der Waals surface area contributed by atoms with Crippen molar-refractivity contribution in [2.24, 2.45) is 0 Å². The molecule has 0 aliphatic carbocycles. The fourth-order valence-corrected chi connectivity index (χ4v) is 1.53. The summed E-state index contributed by atoms with van der Waals surface area (Å²) in [5, 5.41) is 0. The zero-order chi connectivity index (χ0) is 10.8. The molecule has 3 heteroatoms. The van der Waals surface area contributed by atoms with Crippen molar-refractivity contribution in [1.29, 1.82) is 0 Å². The van der Waals surface area contributed by atoms with Gasteiger partial charge in [0.2, 0.25) is 0 Å². The number of hydrogen-bond acceptors (Lipinski definition) is 2. The second-order valence-corrected chi connectivity index (χ2v) is 3.57. The number of benzene rings is 1. The van der Waals surface area contributed by atoms with Gasteiger partial charge in [-0.1, -0.05) is 12.1 Å². The van der Waals surface area contributed by atoms with Gasteiger partial charge >= 0.3 is 0 Å². The predicted octanol–water partition coefficient (Wildman–Crippen LogP) is 1.85. The zero-order valence-electron chi connectivity index (χ0n) is 8.77. The molecular weight excluding hydrogens is 188 g/mol. The summed E-state index contributed by atoms with van der Waals surface area (Å²) in [6.07, 6.45) is 4.62. The Hall–Kier alpha value is -1.90. The van der Waals surface area contributed by atoms with Gasteiger partial charge in [-0.25, -0.2) is 0 Å². The highest BCUT2D eigenvalue weighted by Crippen LogP contribution is 2.13. The molecule has 0 amide bonds. The molecule has 0 unspecified atom stereocenters. The van der Waals surface area contributed by atoms with Gasteiger partial charge in [-0.3, -0.25) is 14.3 Å². The minimum atomic E-state index is -0.105. The van der Waals surface area contributed by atoms with Crippen LogP contribution in [0, 0.1) is 13.8 Å². The van der Waals surface area contributed by atoms with Crippen LogP contribution in [0.5, 0.6) is 0 Å². The zero-order valence-corrected chi connectivity index (χ0v) is 8.77. The van der Waals surface area contributed by atoms with E-state index in [4.69, 9.17) is 0 Å². The third kappa shape index (κ3) is 1.81. The Bertz CT molecular complexity index is 543. The first-order chi connectivity index (χ1) is 7.18. The van der Waals surface area contributed by atoms with Gasteiger partial charge in [-0.2, -0.15) is 0 Å². The van der Waals surface area contributed by atoms with E-state index in [0.717, 1.165) is 16.8 Å². The van der Waals surface area contributed by atoms with Gasteiger partial charge in [0, 0.05) is 12.4 Å². The Labute approximate surface area is 88.0 Å². The van der Waals surface area contributed by atoms with E-state index in [2.05, 4.69) is 4.98 Å². The third-order valence-electron chi connectivity index (χ3n) is 2.35. The van der Waals surface area contributed by atoms with E-state index in [1.54, 1.807) is 17.0 Å². The summed E-state index contributed by atoms with van der Waals surface area (Å²) < 4.78 is 1.61. The van der Waals surface area contributed by atoms with Gasteiger partial charge in [0.15, 0.2) is 0 Å². The first-order valence-corrected chi connectivity index (χ1v) is 4.79. The summed E-state index contributed by atoms with van der Waals surface area (Å²) >= 11 is 0. The molecule has 0 N–H and O–H groups in total. The van der Waals surface area contributed by atoms with Crippen LogP contribution >= 0.6 is 0 Å². The first-order valence-electron chi connectivity index (χ1n) is 4.79. The van der Waals surface area contributed by atoms with Gasteiger partial charge in [-0.15, -0.1) is 0 Å². The molecule has 15 heavy (non-hydrogen) atoms. The molecule has 1 heterocycles. The van der Waals surface area contributed by atoms with Crippen molar-refractivity contribution in [3.63, 3.8) is 0 Å². The Balaban J connectivity index is 2.69. The Kier molecular flexibility index (Phi) is 2.37. The molecule has 0 aliphatic rings. The molecule has 1 aromatic heterocycles. The molecule has 2 aromatic rings. The number of nitrogens with zero attached hydrogens (tertiary/aromatic N) is 2. The van der Waals surface area contributed by atoms with E-state index in [9.17, 15) is 4.79 Å². The van der Waals surface area contributed by atoms with Crippen LogP contribution < -0.4 is 5.56 Å². The molecule has 0 spiro atoms. The van der Waals surface area contributed by atoms with Crippen LogP contribution in [0.4, 0.5) is 0 Å². The van der Waals surface area contributed by atoms with E-state index in [-0.39, 0.29) is 5.56 Å². The highest BCUT2D eigenvalue weighted by Gasteiger charge is 2.02. The molecule has 0 radical (unpaired) electrons. The van der Waals surface area contributed by atoms with Crippen LogP contribution in [-0.2, 0) is 0 Å². The van der Waals surface area contributed by atoms with Crippen molar-refractivity contribution in [3.05, 3.63) is 58.3 Å². The van der Waals surface area contributed by atoms with Crippen LogP contribution in [0.1, 0.15) is 11.1 Å². The molecule has 2 rings (SSSR count). The van der Waals surface area contributed by atoms with E-state index in [1.807, 2.05) is 32.0 Å². The van der Waals surface area contributed by atoms with Crippen LogP contribution in [-0.4, -0.2) is 9.55 Å². The minimum absolute atomic E-state index is 0.105. The maximum absolute atomic E-state index is 11.6. The molecule has 1 aromatic carbocycles. The highest BCUT2D eigenvalue weighted by molar-refractivity contribution is 5.42. The van der Waals surface area contributed by atoms with Gasteiger partial charge in [-0.05, 0) is 31.0 Å². The highest BCUT2D eigenvalue weighted by atomic mass is 16.1. The third-order valence-corrected chi connectivity index (χ3v) is 2.35. The van der Waals surface area contributed by atoms with Crippen molar-refractivity contribution >= 4 is 0 Å². The lowest BCUT2D eigenvalue weighted by Gasteiger charge is -2.08. The first kappa shape index (κ1) is 9.65. The number of aryl methyl sites for hydroxylation is 2. The molecule has 3 nitrogen and oxygen atoms in total. The molecule has 0 fully saturated rings. The second-order valence-electron chi connectivity index (χ2n) is 3.57. The SMILES string of the molecule is Cc1ccc(C)c(-n2ccncc2=O)c1. The van der Waals surface area contributed by atoms with Crippen molar-refractivity contribution in [2.45, 2.75) is 13.8 Å². The van der Waals surface area contributed by atoms with E-state index in [1.165, 1.54) is 6.20 Å². The van der Waals surface area contributed by atoms with Crippen molar-refractivity contribution in [3.8, 4) is 5.69 Å². The maximum atomic E-state index is 11.6. The summed E-state index contributed by atoms with van der Waals surface area (Å²) in [5.74, 6) is 0. The number of hydrogen-bond donors (Lipinski definition) is 0. The summed E-state index contributed by atoms with van der Waals surface area (Å²) in [6.45, 7) is 4.00. The largest absolute Gasteiger partial charge is 0.281 e. The average molecular weight is 200 g/mol. The monoisotopic (exact) mass is 200 g/mol. The lowest BCUT2D eigenvalue weighted by molar-refractivity contribution is 0.944. The fourth-order valence-electron chi connectivity index (χ4n) is 1.53. The van der Waals surface area contributed by atoms with Crippen LogP contribution in [0.25, 0.3) is 5.69 Å². The minimum Gasteiger partial charge on any atom is -0.281 e. The van der Waals surface area contributed by atoms with Crippen LogP contribution in [0.15, 0.2) is 41.6 Å². The summed E-state index contributed by atoms with van der Waals surface area (Å²) in [7, 11) is 0. The van der Waals surface area contributed by atoms with Crippen molar-refractivity contribution in [1.82, 2.24) is 9.55 Å². The summed E-state index contributed by atoms with van der Waals surface area (Å²) in [5.41, 5.74) is 3.03. The molecule has 0 saturated heterocycles. The van der Waals surface area contributed by atoms with Crippen molar-refractivity contribution < 1.29 is 0 Å². The van der Waals surface area contributed by atoms with Crippen LogP contribution in [0.2, 0.25) is 0 Å². The normalized spacial score (nSPS) is 10.3. The van der Waals surface area contributed by atoms with Gasteiger partial charge in [0.1, 0.15) is 0 Å². The molecule has 0 saturated carbocycles. The van der Waals surface area contributed by atoms with E-state index < -0.39 is 0 Å². The van der Waals surface area contributed by atoms with Gasteiger partial charge < -0.3 is 0 Å². The van der Waals surface area contributed by atoms with Crippen LogP contribution in [0.3, 0.4) is 0 Å². The van der Waals surface area contributed by atoms with E-state index >= 15 is 0 Å². The lowest BCUT2D eigenvalue weighted by atomic mass is 10.1. The standard InChI is InChI=1S/C12H12N2O/c1-9-3-4-10(2)11(7-9)14-6-5-13-8-12(14)15/h3-8H,1-2H3. The number of rotatable bonds is 1. The number of aromatic nitrogens is 2. The van der Waals surface area contributed by atoms with Gasteiger partial charge in [0.25, 0.3) is 5.56 Å². The summed E-state index contributed by atoms with van der Waals surface area (Å²) in [4.78, 5) is 15.4. The Morgan fingerprint density at radius 2 is 2.07 bits per heavy atom.